The second-order valence-corrected chi connectivity index (χ2v) is 3.55. The van der Waals surface area contributed by atoms with E-state index in [1.807, 2.05) is 30.3 Å². The Labute approximate surface area is 99.2 Å². The third kappa shape index (κ3) is 2.20. The predicted molar refractivity (Wildman–Crippen MR) is 62.6 cm³/mol. The smallest absolute Gasteiger partial charge is 0.361 e. The van der Waals surface area contributed by atoms with Gasteiger partial charge in [0.25, 0.3) is 0 Å². The average molecular weight is 231 g/mol. The van der Waals surface area contributed by atoms with E-state index in [0.29, 0.717) is 17.9 Å². The molecule has 1 aromatic carbocycles. The molecule has 0 atom stereocenters. The number of aromatic nitrogens is 1. The number of nitrogens with zero attached hydrogens (tertiary/aromatic N) is 1. The maximum absolute atomic E-state index is 11.7. The lowest BCUT2D eigenvalue weighted by Crippen LogP contribution is -2.06. The second kappa shape index (κ2) is 4.82. The van der Waals surface area contributed by atoms with Crippen LogP contribution in [0.3, 0.4) is 0 Å². The van der Waals surface area contributed by atoms with Gasteiger partial charge in [-0.25, -0.2) is 4.79 Å². The van der Waals surface area contributed by atoms with Crippen molar-refractivity contribution in [2.45, 2.75) is 13.8 Å². The third-order valence-corrected chi connectivity index (χ3v) is 2.39. The van der Waals surface area contributed by atoms with Gasteiger partial charge in [0.05, 0.1) is 12.2 Å². The first-order valence-electron chi connectivity index (χ1n) is 5.43. The molecule has 0 amide bonds. The molecule has 0 fully saturated rings. The van der Waals surface area contributed by atoms with Crippen LogP contribution < -0.4 is 0 Å². The normalized spacial score (nSPS) is 10.2. The van der Waals surface area contributed by atoms with Crippen LogP contribution in [0, 0.1) is 6.92 Å². The molecule has 0 radical (unpaired) electrons. The maximum Gasteiger partial charge on any atom is 0.361 e. The molecule has 2 rings (SSSR count). The van der Waals surface area contributed by atoms with Gasteiger partial charge in [0, 0.05) is 0 Å². The fourth-order valence-electron chi connectivity index (χ4n) is 1.66. The van der Waals surface area contributed by atoms with E-state index in [1.165, 1.54) is 0 Å². The van der Waals surface area contributed by atoms with Gasteiger partial charge in [0.1, 0.15) is 5.76 Å². The average Bonchev–Trinajstić information content (AvgIpc) is 2.73. The van der Waals surface area contributed by atoms with Crippen molar-refractivity contribution in [3.63, 3.8) is 0 Å². The van der Waals surface area contributed by atoms with Gasteiger partial charge in [-0.1, -0.05) is 35.5 Å². The van der Waals surface area contributed by atoms with Gasteiger partial charge in [0.15, 0.2) is 5.69 Å². The SMILES string of the molecule is CCOC(=O)c1noc(C)c1-c1ccccc1. The lowest BCUT2D eigenvalue weighted by atomic mass is 10.0. The van der Waals surface area contributed by atoms with Crippen LogP contribution >= 0.6 is 0 Å². The number of carbonyl (C=O) groups excluding carboxylic acids is 1. The number of carbonyl (C=O) groups is 1. The minimum absolute atomic E-state index is 0.232. The highest BCUT2D eigenvalue weighted by Gasteiger charge is 2.21. The van der Waals surface area contributed by atoms with Gasteiger partial charge in [-0.2, -0.15) is 0 Å². The van der Waals surface area contributed by atoms with E-state index >= 15 is 0 Å². The second-order valence-electron chi connectivity index (χ2n) is 3.55. The Kier molecular flexibility index (Phi) is 3.23. The summed E-state index contributed by atoms with van der Waals surface area (Å²) in [4.78, 5) is 11.7. The minimum atomic E-state index is -0.455. The number of hydrogen-bond donors (Lipinski definition) is 0. The highest BCUT2D eigenvalue weighted by atomic mass is 16.5. The Morgan fingerprint density at radius 2 is 2.06 bits per heavy atom. The molecular formula is C13H13NO3. The van der Waals surface area contributed by atoms with Gasteiger partial charge in [0.2, 0.25) is 0 Å². The van der Waals surface area contributed by atoms with Crippen LogP contribution in [0.5, 0.6) is 0 Å². The topological polar surface area (TPSA) is 52.3 Å². The Hall–Kier alpha value is -2.10. The first kappa shape index (κ1) is 11.4. The van der Waals surface area contributed by atoms with E-state index in [9.17, 15) is 4.79 Å². The molecule has 0 saturated carbocycles. The minimum Gasteiger partial charge on any atom is -0.461 e. The number of esters is 1. The first-order valence-corrected chi connectivity index (χ1v) is 5.43. The maximum atomic E-state index is 11.7. The summed E-state index contributed by atoms with van der Waals surface area (Å²) in [6, 6.07) is 9.52. The van der Waals surface area contributed by atoms with Gasteiger partial charge < -0.3 is 9.26 Å². The molecule has 88 valence electrons. The Bertz CT molecular complexity index is 517. The molecule has 1 heterocycles. The molecule has 0 saturated heterocycles. The zero-order chi connectivity index (χ0) is 12.3. The zero-order valence-corrected chi connectivity index (χ0v) is 9.77. The number of ether oxygens (including phenoxy) is 1. The molecule has 0 unspecified atom stereocenters. The fraction of sp³-hybridized carbons (Fsp3) is 0.231. The van der Waals surface area contributed by atoms with Gasteiger partial charge in [-0.15, -0.1) is 0 Å². The number of benzene rings is 1. The van der Waals surface area contributed by atoms with Crippen molar-refractivity contribution >= 4 is 5.97 Å². The third-order valence-electron chi connectivity index (χ3n) is 2.39. The standard InChI is InChI=1S/C13H13NO3/c1-3-16-13(15)12-11(9(2)17-14-12)10-7-5-4-6-8-10/h4-8H,3H2,1-2H3. The lowest BCUT2D eigenvalue weighted by molar-refractivity contribution is 0.0515. The monoisotopic (exact) mass is 231 g/mol. The molecule has 2 aromatic rings. The summed E-state index contributed by atoms with van der Waals surface area (Å²) in [6.45, 7) is 3.85. The van der Waals surface area contributed by atoms with Crippen molar-refractivity contribution in [1.82, 2.24) is 5.16 Å². The molecule has 0 aliphatic carbocycles. The van der Waals surface area contributed by atoms with Crippen LogP contribution in [0.2, 0.25) is 0 Å². The molecule has 0 bridgehead atoms. The molecule has 4 heteroatoms. The molecular weight excluding hydrogens is 218 g/mol. The van der Waals surface area contributed by atoms with Gasteiger partial charge >= 0.3 is 5.97 Å². The van der Waals surface area contributed by atoms with E-state index in [2.05, 4.69) is 5.16 Å². The van der Waals surface area contributed by atoms with Crippen molar-refractivity contribution in [2.75, 3.05) is 6.61 Å². The molecule has 1 aromatic heterocycles. The highest BCUT2D eigenvalue weighted by Crippen LogP contribution is 2.27. The highest BCUT2D eigenvalue weighted by molar-refractivity contribution is 5.95. The number of rotatable bonds is 3. The van der Waals surface area contributed by atoms with Crippen molar-refractivity contribution in [2.24, 2.45) is 0 Å². The summed E-state index contributed by atoms with van der Waals surface area (Å²) < 4.78 is 10.0. The first-order chi connectivity index (χ1) is 8.24. The Balaban J connectivity index is 2.47. The summed E-state index contributed by atoms with van der Waals surface area (Å²) in [7, 11) is 0. The van der Waals surface area contributed by atoms with E-state index in [4.69, 9.17) is 9.26 Å². The molecule has 0 spiro atoms. The van der Waals surface area contributed by atoms with Crippen molar-refractivity contribution in [3.8, 4) is 11.1 Å². The van der Waals surface area contributed by atoms with Crippen LogP contribution in [0.4, 0.5) is 0 Å². The Morgan fingerprint density at radius 1 is 1.35 bits per heavy atom. The predicted octanol–water partition coefficient (Wildman–Crippen LogP) is 2.83. The summed E-state index contributed by atoms with van der Waals surface area (Å²) in [5.74, 6) is 0.155. The lowest BCUT2D eigenvalue weighted by Gasteiger charge is -2.02. The van der Waals surface area contributed by atoms with E-state index < -0.39 is 5.97 Å². The summed E-state index contributed by atoms with van der Waals surface area (Å²) in [6.07, 6.45) is 0. The van der Waals surface area contributed by atoms with Crippen LogP contribution in [0.25, 0.3) is 11.1 Å². The largest absolute Gasteiger partial charge is 0.461 e. The van der Waals surface area contributed by atoms with Crippen LogP contribution in [-0.2, 0) is 4.74 Å². The van der Waals surface area contributed by atoms with Gasteiger partial charge in [-0.3, -0.25) is 0 Å². The molecule has 0 N–H and O–H groups in total. The number of aryl methyl sites for hydroxylation is 1. The molecule has 0 aliphatic rings. The van der Waals surface area contributed by atoms with E-state index in [1.54, 1.807) is 13.8 Å². The van der Waals surface area contributed by atoms with Gasteiger partial charge in [-0.05, 0) is 19.4 Å². The van der Waals surface area contributed by atoms with Crippen molar-refractivity contribution in [3.05, 3.63) is 41.8 Å². The Morgan fingerprint density at radius 3 is 2.71 bits per heavy atom. The van der Waals surface area contributed by atoms with Crippen LogP contribution in [-0.4, -0.2) is 17.7 Å². The summed E-state index contributed by atoms with van der Waals surface area (Å²) in [5.41, 5.74) is 1.83. The van der Waals surface area contributed by atoms with Crippen molar-refractivity contribution < 1.29 is 14.1 Å². The zero-order valence-electron chi connectivity index (χ0n) is 9.77. The molecule has 0 aliphatic heterocycles. The summed E-state index contributed by atoms with van der Waals surface area (Å²) >= 11 is 0. The van der Waals surface area contributed by atoms with E-state index in [-0.39, 0.29) is 5.69 Å². The van der Waals surface area contributed by atoms with E-state index in [0.717, 1.165) is 5.56 Å². The fourth-order valence-corrected chi connectivity index (χ4v) is 1.66. The number of hydrogen-bond acceptors (Lipinski definition) is 4. The molecule has 17 heavy (non-hydrogen) atoms. The van der Waals surface area contributed by atoms with Crippen LogP contribution in [0.15, 0.2) is 34.9 Å². The van der Waals surface area contributed by atoms with Crippen molar-refractivity contribution in [1.29, 1.82) is 0 Å². The quantitative estimate of drug-likeness (QED) is 0.762. The molecule has 4 nitrogen and oxygen atoms in total. The summed E-state index contributed by atoms with van der Waals surface area (Å²) in [5, 5.41) is 3.76. The van der Waals surface area contributed by atoms with Crippen LogP contribution in [0.1, 0.15) is 23.2 Å².